The maximum absolute atomic E-state index is 13.5. The number of aromatic amines is 1. The SMILES string of the molecule is CCn1nc(-c2cc(-c3ccc(CCN)c(C(F)(F)F)c3)n[nH]2)c2c1CC(C)(C)CC2. The molecule has 1 aromatic carbocycles. The fourth-order valence-electron chi connectivity index (χ4n) is 4.44. The van der Waals surface area contributed by atoms with Crippen molar-refractivity contribution in [2.24, 2.45) is 11.1 Å². The van der Waals surface area contributed by atoms with Crippen LogP contribution >= 0.6 is 0 Å². The standard InChI is InChI=1S/C23H28F3N5/c1-4-31-20-13-22(2,3)9-7-16(20)21(30-31)19-12-18(28-29-19)15-6-5-14(8-10-27)17(11-15)23(24,25)26/h5-6,11-12H,4,7-10,13,27H2,1-3H3,(H,28,29). The zero-order valence-corrected chi connectivity index (χ0v) is 18.1. The largest absolute Gasteiger partial charge is 0.416 e. The van der Waals surface area contributed by atoms with Crippen molar-refractivity contribution in [1.29, 1.82) is 0 Å². The van der Waals surface area contributed by atoms with Crippen LogP contribution in [0.2, 0.25) is 0 Å². The van der Waals surface area contributed by atoms with Crippen LogP contribution in [-0.4, -0.2) is 26.5 Å². The normalized spacial score (nSPS) is 15.8. The van der Waals surface area contributed by atoms with E-state index in [9.17, 15) is 13.2 Å². The van der Waals surface area contributed by atoms with E-state index < -0.39 is 11.7 Å². The molecule has 0 radical (unpaired) electrons. The van der Waals surface area contributed by atoms with Gasteiger partial charge in [0.05, 0.1) is 17.0 Å². The van der Waals surface area contributed by atoms with Gasteiger partial charge >= 0.3 is 6.18 Å². The highest BCUT2D eigenvalue weighted by atomic mass is 19.4. The lowest BCUT2D eigenvalue weighted by atomic mass is 9.76. The minimum Gasteiger partial charge on any atom is -0.330 e. The Morgan fingerprint density at radius 1 is 1.23 bits per heavy atom. The summed E-state index contributed by atoms with van der Waals surface area (Å²) in [6.45, 7) is 7.54. The van der Waals surface area contributed by atoms with E-state index >= 15 is 0 Å². The first-order chi connectivity index (χ1) is 14.6. The first-order valence-electron chi connectivity index (χ1n) is 10.7. The van der Waals surface area contributed by atoms with Crippen molar-refractivity contribution in [3.63, 3.8) is 0 Å². The second-order valence-electron chi connectivity index (χ2n) is 9.01. The number of hydrogen-bond acceptors (Lipinski definition) is 3. The number of benzene rings is 1. The van der Waals surface area contributed by atoms with Crippen LogP contribution in [0, 0.1) is 5.41 Å². The van der Waals surface area contributed by atoms with E-state index in [-0.39, 0.29) is 23.9 Å². The summed E-state index contributed by atoms with van der Waals surface area (Å²) < 4.78 is 42.7. The Morgan fingerprint density at radius 3 is 2.68 bits per heavy atom. The zero-order chi connectivity index (χ0) is 22.4. The molecule has 0 fully saturated rings. The van der Waals surface area contributed by atoms with Gasteiger partial charge in [0, 0.05) is 23.4 Å². The molecule has 0 saturated heterocycles. The van der Waals surface area contributed by atoms with Gasteiger partial charge in [-0.1, -0.05) is 26.0 Å². The quantitative estimate of drug-likeness (QED) is 0.597. The van der Waals surface area contributed by atoms with Gasteiger partial charge in [-0.05, 0) is 62.3 Å². The molecule has 8 heteroatoms. The Labute approximate surface area is 179 Å². The molecule has 0 saturated carbocycles. The zero-order valence-electron chi connectivity index (χ0n) is 18.1. The smallest absolute Gasteiger partial charge is 0.330 e. The van der Waals surface area contributed by atoms with E-state index in [0.717, 1.165) is 43.3 Å². The summed E-state index contributed by atoms with van der Waals surface area (Å²) in [6.07, 6.45) is -1.30. The number of halogens is 3. The van der Waals surface area contributed by atoms with Crippen LogP contribution in [0.3, 0.4) is 0 Å². The summed E-state index contributed by atoms with van der Waals surface area (Å²) >= 11 is 0. The summed E-state index contributed by atoms with van der Waals surface area (Å²) in [6, 6.07) is 6.12. The average Bonchev–Trinajstić information content (AvgIpc) is 3.31. The summed E-state index contributed by atoms with van der Waals surface area (Å²) in [5.41, 5.74) is 10.2. The van der Waals surface area contributed by atoms with Crippen molar-refractivity contribution in [3.8, 4) is 22.6 Å². The van der Waals surface area contributed by atoms with E-state index in [1.807, 2.05) is 4.68 Å². The van der Waals surface area contributed by atoms with E-state index in [1.54, 1.807) is 12.1 Å². The molecule has 0 unspecified atom stereocenters. The van der Waals surface area contributed by atoms with Crippen LogP contribution in [-0.2, 0) is 32.0 Å². The Hall–Kier alpha value is -2.61. The Balaban J connectivity index is 1.73. The van der Waals surface area contributed by atoms with Crippen LogP contribution in [0.25, 0.3) is 22.6 Å². The van der Waals surface area contributed by atoms with E-state index in [2.05, 4.69) is 31.0 Å². The third-order valence-corrected chi connectivity index (χ3v) is 6.12. The summed E-state index contributed by atoms with van der Waals surface area (Å²) in [5.74, 6) is 0. The van der Waals surface area contributed by atoms with E-state index in [0.29, 0.717) is 11.3 Å². The predicted octanol–water partition coefficient (Wildman–Crippen LogP) is 5.00. The van der Waals surface area contributed by atoms with Crippen molar-refractivity contribution in [2.75, 3.05) is 6.54 Å². The van der Waals surface area contributed by atoms with Gasteiger partial charge in [-0.3, -0.25) is 9.78 Å². The maximum atomic E-state index is 13.5. The molecule has 0 atom stereocenters. The highest BCUT2D eigenvalue weighted by Gasteiger charge is 2.34. The molecular weight excluding hydrogens is 403 g/mol. The van der Waals surface area contributed by atoms with Crippen LogP contribution in [0.4, 0.5) is 13.2 Å². The molecule has 3 aromatic rings. The first-order valence-corrected chi connectivity index (χ1v) is 10.7. The third-order valence-electron chi connectivity index (χ3n) is 6.12. The molecule has 4 rings (SSSR count). The van der Waals surface area contributed by atoms with Crippen molar-refractivity contribution >= 4 is 0 Å². The Kier molecular flexibility index (Phi) is 5.45. The number of aromatic nitrogens is 4. The van der Waals surface area contributed by atoms with Gasteiger partial charge in [-0.2, -0.15) is 23.4 Å². The highest BCUT2D eigenvalue weighted by Crippen LogP contribution is 2.40. The molecular formula is C23H28F3N5. The molecule has 31 heavy (non-hydrogen) atoms. The first kappa shape index (κ1) is 21.6. The van der Waals surface area contributed by atoms with Crippen LogP contribution in [0.1, 0.15) is 49.6 Å². The van der Waals surface area contributed by atoms with Gasteiger partial charge in [0.25, 0.3) is 0 Å². The molecule has 1 aliphatic carbocycles. The van der Waals surface area contributed by atoms with Crippen molar-refractivity contribution in [3.05, 3.63) is 46.6 Å². The third kappa shape index (κ3) is 4.13. The topological polar surface area (TPSA) is 72.5 Å². The number of fused-ring (bicyclic) bond motifs is 1. The molecule has 1 aliphatic rings. The number of rotatable bonds is 5. The molecule has 0 bridgehead atoms. The van der Waals surface area contributed by atoms with E-state index in [4.69, 9.17) is 10.8 Å². The van der Waals surface area contributed by atoms with Gasteiger partial charge in [-0.25, -0.2) is 0 Å². The lowest BCUT2D eigenvalue weighted by molar-refractivity contribution is -0.138. The fourth-order valence-corrected chi connectivity index (χ4v) is 4.44. The van der Waals surface area contributed by atoms with Crippen LogP contribution in [0.15, 0.2) is 24.3 Å². The van der Waals surface area contributed by atoms with Gasteiger partial charge < -0.3 is 5.73 Å². The number of alkyl halides is 3. The number of nitrogens with zero attached hydrogens (tertiary/aromatic N) is 3. The van der Waals surface area contributed by atoms with Crippen LogP contribution < -0.4 is 5.73 Å². The van der Waals surface area contributed by atoms with Crippen molar-refractivity contribution in [1.82, 2.24) is 20.0 Å². The lowest BCUT2D eigenvalue weighted by Crippen LogP contribution is -2.24. The van der Waals surface area contributed by atoms with E-state index in [1.165, 1.54) is 17.3 Å². The highest BCUT2D eigenvalue weighted by molar-refractivity contribution is 5.69. The predicted molar refractivity (Wildman–Crippen MR) is 114 cm³/mol. The van der Waals surface area contributed by atoms with Gasteiger partial charge in [0.2, 0.25) is 0 Å². The maximum Gasteiger partial charge on any atom is 0.416 e. The Morgan fingerprint density at radius 2 is 2.00 bits per heavy atom. The molecule has 2 heterocycles. The number of nitrogens with one attached hydrogen (secondary N) is 1. The number of aryl methyl sites for hydroxylation is 1. The minimum absolute atomic E-state index is 0.164. The van der Waals surface area contributed by atoms with Crippen molar-refractivity contribution in [2.45, 2.75) is 59.2 Å². The average molecular weight is 432 g/mol. The number of H-pyrrole nitrogens is 1. The molecule has 5 nitrogen and oxygen atoms in total. The van der Waals surface area contributed by atoms with Crippen LogP contribution in [0.5, 0.6) is 0 Å². The van der Waals surface area contributed by atoms with Gasteiger partial charge in [0.15, 0.2) is 0 Å². The summed E-state index contributed by atoms with van der Waals surface area (Å²) in [7, 11) is 0. The number of nitrogens with two attached hydrogens (primary N) is 1. The minimum atomic E-state index is -4.44. The van der Waals surface area contributed by atoms with Gasteiger partial charge in [-0.15, -0.1) is 0 Å². The van der Waals surface area contributed by atoms with Crippen molar-refractivity contribution < 1.29 is 13.2 Å². The summed E-state index contributed by atoms with van der Waals surface area (Å²) in [5, 5.41) is 12.1. The molecule has 2 aromatic heterocycles. The second-order valence-corrected chi connectivity index (χ2v) is 9.01. The fraction of sp³-hybridized carbons (Fsp3) is 0.478. The van der Waals surface area contributed by atoms with Gasteiger partial charge in [0.1, 0.15) is 5.69 Å². The molecule has 0 amide bonds. The molecule has 0 spiro atoms. The molecule has 0 aliphatic heterocycles. The second kappa shape index (κ2) is 7.82. The summed E-state index contributed by atoms with van der Waals surface area (Å²) in [4.78, 5) is 0. The molecule has 3 N–H and O–H groups in total. The lowest BCUT2D eigenvalue weighted by Gasteiger charge is -2.30. The monoisotopic (exact) mass is 431 g/mol. The Bertz CT molecular complexity index is 1090. The molecule has 166 valence electrons. The number of hydrogen-bond donors (Lipinski definition) is 2.